The Balaban J connectivity index is 0.827. The third-order valence-electron chi connectivity index (χ3n) is 11.4. The molecule has 0 aromatic carbocycles. The van der Waals surface area contributed by atoms with Crippen LogP contribution in [-0.2, 0) is 74.8 Å². The van der Waals surface area contributed by atoms with E-state index in [-0.39, 0.29) is 119 Å². The van der Waals surface area contributed by atoms with E-state index in [1.54, 1.807) is 0 Å². The first-order chi connectivity index (χ1) is 35.4. The fourth-order valence-corrected chi connectivity index (χ4v) is 9.91. The van der Waals surface area contributed by atoms with Gasteiger partial charge < -0.3 is 65.4 Å². The Morgan fingerprint density at radius 2 is 1.19 bits per heavy atom. The lowest BCUT2D eigenvalue weighted by Crippen LogP contribution is -2.48. The van der Waals surface area contributed by atoms with Crippen LogP contribution in [-0.4, -0.2) is 198 Å². The quantitative estimate of drug-likeness (QED) is 0.0218. The number of aliphatic hydroxyl groups is 1. The number of phosphoric acid groups is 2. The largest absolute Gasteiger partial charge is 0.472 e. The average Bonchev–Trinajstić information content (AvgIpc) is 4.16. The summed E-state index contributed by atoms with van der Waals surface area (Å²) < 4.78 is 85.2. The van der Waals surface area contributed by atoms with E-state index in [1.807, 2.05) is 0 Å². The molecule has 4 aliphatic heterocycles. The van der Waals surface area contributed by atoms with Gasteiger partial charge in [0.15, 0.2) is 34.8 Å². The van der Waals surface area contributed by atoms with E-state index in [0.717, 1.165) is 34.3 Å². The molecule has 0 spiro atoms. The van der Waals surface area contributed by atoms with Crippen molar-refractivity contribution in [2.45, 2.75) is 61.9 Å². The summed E-state index contributed by atoms with van der Waals surface area (Å²) in [4.78, 5) is 118. The number of nitrogens with two attached hydrogens (primary N) is 2. The molecule has 74 heavy (non-hydrogen) atoms. The summed E-state index contributed by atoms with van der Waals surface area (Å²) in [6, 6.07) is -1.49. The van der Waals surface area contributed by atoms with E-state index >= 15 is 0 Å². The number of imide groups is 1. The van der Waals surface area contributed by atoms with E-state index in [1.165, 1.54) is 4.57 Å². The molecule has 8 heterocycles. The lowest BCUT2D eigenvalue weighted by Gasteiger charge is -2.29. The summed E-state index contributed by atoms with van der Waals surface area (Å²) >= 11 is 0. The lowest BCUT2D eigenvalue weighted by atomic mass is 10.1. The van der Waals surface area contributed by atoms with Crippen LogP contribution >= 0.6 is 15.6 Å². The summed E-state index contributed by atoms with van der Waals surface area (Å²) in [5.74, 6) is -2.60. The van der Waals surface area contributed by atoms with E-state index in [2.05, 4.69) is 40.5 Å². The SMILES string of the molecule is Nc1nc2c(ncn2[C@@H]2O[C@@H]3COP(=O)(O)O[C@@H]4[C@H](O)[C@H](n5cnc6c(=O)[nH]c(N)nc65)O[C@@H]4COP(=O)(O)O[C@@H]3C2NC(=O)CCOCCOCCOCCOCCNC(=O)CCN2C(=O)C=CC2=O)c(=O)[nH]1. The van der Waals surface area contributed by atoms with Crippen molar-refractivity contribution in [2.24, 2.45) is 0 Å². The highest BCUT2D eigenvalue weighted by Gasteiger charge is 2.54. The minimum Gasteiger partial charge on any atom is -0.386 e. The molecule has 4 aromatic rings. The first-order valence-corrected chi connectivity index (χ1v) is 25.5. The van der Waals surface area contributed by atoms with Crippen LogP contribution in [0.3, 0.4) is 0 Å². The molecule has 36 heteroatoms. The van der Waals surface area contributed by atoms with Gasteiger partial charge in [0.05, 0.1) is 78.7 Å². The van der Waals surface area contributed by atoms with Gasteiger partial charge in [0.1, 0.15) is 36.6 Å². The standard InChI is InChI=1S/C38H51N13O21P2/c39-37-45-31-26(33(57)47-37)42-17-50(31)35-25(44-22(53)4-7-63-9-11-65-13-14-66-12-10-64-8-5-41-21(52)3-6-49-23(54)1-2-24(49)55)29-19(69-35)15-67-74(61,62)72-30-20(16-68-73(59,60)71-29)70-36(28(30)56)51-18-43-27-32(51)46-38(40)48-34(27)58/h1-2,17-20,25,28-30,35-36,56H,3-16H2,(H,41,52)(H,44,53)(H,59,60)(H,61,62)(H3,39,45,47,57)(H3,40,46,48,58)/t19-,20-,25?,28+,29+,30+,35-,36-/m1/s1. The number of carbonyl (C=O) groups excluding carboxylic acids is 4. The predicted molar refractivity (Wildman–Crippen MR) is 244 cm³/mol. The molecule has 0 radical (unpaired) electrons. The Morgan fingerprint density at radius 3 is 1.76 bits per heavy atom. The number of amides is 4. The molecule has 3 unspecified atom stereocenters. The fourth-order valence-electron chi connectivity index (χ4n) is 7.97. The van der Waals surface area contributed by atoms with Crippen molar-refractivity contribution in [1.82, 2.24) is 54.6 Å². The summed E-state index contributed by atoms with van der Waals surface area (Å²) in [5.41, 5.74) is 9.33. The topological polar surface area (TPSA) is 462 Å². The number of aromatic amines is 2. The highest BCUT2D eigenvalue weighted by Crippen LogP contribution is 2.53. The van der Waals surface area contributed by atoms with Gasteiger partial charge >= 0.3 is 15.6 Å². The smallest absolute Gasteiger partial charge is 0.386 e. The van der Waals surface area contributed by atoms with Gasteiger partial charge in [-0.05, 0) is 0 Å². The molecule has 0 saturated carbocycles. The minimum absolute atomic E-state index is 0.0159. The van der Waals surface area contributed by atoms with Crippen LogP contribution in [0.1, 0.15) is 25.3 Å². The molecule has 4 aliphatic rings. The molecule has 34 nitrogen and oxygen atoms in total. The molecule has 8 rings (SSSR count). The molecule has 10 atom stereocenters. The number of nitrogen functional groups attached to an aromatic ring is 2. The third kappa shape index (κ3) is 13.1. The zero-order valence-electron chi connectivity index (χ0n) is 38.7. The van der Waals surface area contributed by atoms with Crippen molar-refractivity contribution in [3.8, 4) is 0 Å². The van der Waals surface area contributed by atoms with Gasteiger partial charge in [-0.25, -0.2) is 19.1 Å². The van der Waals surface area contributed by atoms with E-state index in [4.69, 9.17) is 58.0 Å². The van der Waals surface area contributed by atoms with Crippen molar-refractivity contribution in [3.63, 3.8) is 0 Å². The fraction of sp³-hybridized carbons (Fsp3) is 0.579. The number of aromatic nitrogens is 8. The molecule has 4 aromatic heterocycles. The van der Waals surface area contributed by atoms with Gasteiger partial charge in [-0.1, -0.05) is 0 Å². The van der Waals surface area contributed by atoms with E-state index in [9.17, 15) is 52.8 Å². The lowest BCUT2D eigenvalue weighted by molar-refractivity contribution is -0.137. The number of aliphatic hydroxyl groups excluding tert-OH is 1. The molecule has 3 saturated heterocycles. The molecule has 3 fully saturated rings. The predicted octanol–water partition coefficient (Wildman–Crippen LogP) is -4.04. The number of hydrogen-bond donors (Lipinski definition) is 9. The molecule has 404 valence electrons. The summed E-state index contributed by atoms with van der Waals surface area (Å²) in [7, 11) is -10.5. The number of nitrogens with zero attached hydrogens (tertiary/aromatic N) is 7. The number of carbonyl (C=O) groups is 4. The van der Waals surface area contributed by atoms with Crippen molar-refractivity contribution in [2.75, 3.05) is 90.6 Å². The Morgan fingerprint density at radius 1 is 0.703 bits per heavy atom. The minimum atomic E-state index is -5.28. The van der Waals surface area contributed by atoms with Crippen molar-refractivity contribution in [3.05, 3.63) is 45.5 Å². The Kier molecular flexibility index (Phi) is 17.4. The van der Waals surface area contributed by atoms with Gasteiger partial charge in [0.2, 0.25) is 23.7 Å². The van der Waals surface area contributed by atoms with Gasteiger partial charge in [-0.15, -0.1) is 0 Å². The van der Waals surface area contributed by atoms with Crippen LogP contribution in [0.2, 0.25) is 0 Å². The number of ether oxygens (including phenoxy) is 6. The van der Waals surface area contributed by atoms with E-state index < -0.39 is 107 Å². The summed E-state index contributed by atoms with van der Waals surface area (Å²) in [5, 5.41) is 16.7. The zero-order chi connectivity index (χ0) is 52.7. The number of hydrogen-bond acceptors (Lipinski definition) is 25. The van der Waals surface area contributed by atoms with Crippen LogP contribution in [0.15, 0.2) is 34.4 Å². The molecule has 0 aliphatic carbocycles. The van der Waals surface area contributed by atoms with Gasteiger partial charge in [0.25, 0.3) is 22.9 Å². The number of anilines is 2. The molecular weight excluding hydrogens is 1040 g/mol. The number of nitrogens with one attached hydrogen (secondary N) is 4. The number of imidazole rings is 2. The Labute approximate surface area is 415 Å². The number of fused-ring (bicyclic) bond motifs is 4. The molecule has 0 bridgehead atoms. The van der Waals surface area contributed by atoms with Gasteiger partial charge in [-0.3, -0.25) is 70.9 Å². The highest BCUT2D eigenvalue weighted by molar-refractivity contribution is 7.47. The second-order valence-electron chi connectivity index (χ2n) is 16.4. The Hall–Kier alpha value is -5.94. The maximum Gasteiger partial charge on any atom is 0.472 e. The summed E-state index contributed by atoms with van der Waals surface area (Å²) in [6.45, 7) is -0.485. The summed E-state index contributed by atoms with van der Waals surface area (Å²) in [6.07, 6.45) is -7.48. The number of phosphoric ester groups is 2. The second kappa shape index (κ2) is 23.7. The molecular formula is C38H51N13O21P2. The van der Waals surface area contributed by atoms with Crippen LogP contribution < -0.4 is 33.2 Å². The highest BCUT2D eigenvalue weighted by atomic mass is 31.2. The first kappa shape index (κ1) is 54.3. The van der Waals surface area contributed by atoms with Gasteiger partial charge in [0, 0.05) is 38.1 Å². The van der Waals surface area contributed by atoms with Crippen molar-refractivity contribution < 1.29 is 89.7 Å². The maximum absolute atomic E-state index is 13.8. The van der Waals surface area contributed by atoms with Crippen molar-refractivity contribution in [1.29, 1.82) is 0 Å². The average molecular weight is 1090 g/mol. The van der Waals surface area contributed by atoms with E-state index in [0.29, 0.717) is 0 Å². The number of H-pyrrole nitrogens is 2. The second-order valence-corrected chi connectivity index (χ2v) is 19.2. The molecule has 11 N–H and O–H groups in total. The first-order valence-electron chi connectivity index (χ1n) is 22.5. The van der Waals surface area contributed by atoms with Crippen molar-refractivity contribution >= 4 is 73.5 Å². The molecule has 4 amide bonds. The number of rotatable bonds is 21. The van der Waals surface area contributed by atoms with Gasteiger partial charge in [-0.2, -0.15) is 9.97 Å². The zero-order valence-corrected chi connectivity index (χ0v) is 40.5. The maximum atomic E-state index is 13.8. The van der Waals surface area contributed by atoms with Crippen LogP contribution in [0.4, 0.5) is 11.9 Å². The Bertz CT molecular complexity index is 2930. The monoisotopic (exact) mass is 1090 g/mol. The van der Waals surface area contributed by atoms with Crippen LogP contribution in [0, 0.1) is 0 Å². The normalized spacial score (nSPS) is 28.3. The van der Waals surface area contributed by atoms with Crippen LogP contribution in [0.25, 0.3) is 22.3 Å². The third-order valence-corrected chi connectivity index (χ3v) is 13.3. The van der Waals surface area contributed by atoms with Crippen LogP contribution in [0.5, 0.6) is 0 Å².